The number of amides is 2. The standard InChI is InChI=1S/C14H18N2O4S/c1-3-15(4-2)13(17)9-16-14(18)12-8-6-5-7-11(12)10-21(16,19)20/h5-8H,3-4,9-10H2,1-2H3. The van der Waals surface area contributed by atoms with Crippen molar-refractivity contribution in [1.82, 2.24) is 9.21 Å². The lowest BCUT2D eigenvalue weighted by Gasteiger charge is -2.29. The Morgan fingerprint density at radius 3 is 2.48 bits per heavy atom. The van der Waals surface area contributed by atoms with Gasteiger partial charge in [0.25, 0.3) is 5.91 Å². The molecule has 1 aromatic rings. The Bertz CT molecular complexity index is 665. The van der Waals surface area contributed by atoms with Crippen LogP contribution in [0.25, 0.3) is 0 Å². The molecular formula is C14H18N2O4S. The van der Waals surface area contributed by atoms with Gasteiger partial charge in [-0.1, -0.05) is 18.2 Å². The second-order valence-corrected chi connectivity index (χ2v) is 6.68. The van der Waals surface area contributed by atoms with Gasteiger partial charge in [0, 0.05) is 18.7 Å². The third-order valence-electron chi connectivity index (χ3n) is 3.54. The average Bonchev–Trinajstić information content (AvgIpc) is 2.44. The molecule has 0 fully saturated rings. The zero-order valence-electron chi connectivity index (χ0n) is 12.1. The molecule has 21 heavy (non-hydrogen) atoms. The monoisotopic (exact) mass is 310 g/mol. The lowest BCUT2D eigenvalue weighted by molar-refractivity contribution is -0.130. The number of carbonyl (C=O) groups is 2. The van der Waals surface area contributed by atoms with Crippen molar-refractivity contribution in [3.63, 3.8) is 0 Å². The molecule has 1 aromatic carbocycles. The fourth-order valence-electron chi connectivity index (χ4n) is 2.36. The smallest absolute Gasteiger partial charge is 0.268 e. The summed E-state index contributed by atoms with van der Waals surface area (Å²) < 4.78 is 25.1. The van der Waals surface area contributed by atoms with Crippen molar-refractivity contribution in [3.8, 4) is 0 Å². The first-order chi connectivity index (χ1) is 9.90. The van der Waals surface area contributed by atoms with Crippen LogP contribution < -0.4 is 0 Å². The van der Waals surface area contributed by atoms with Crippen molar-refractivity contribution in [1.29, 1.82) is 0 Å². The Kier molecular flexibility index (Phi) is 4.32. The van der Waals surface area contributed by atoms with Crippen molar-refractivity contribution < 1.29 is 18.0 Å². The highest BCUT2D eigenvalue weighted by Crippen LogP contribution is 2.24. The van der Waals surface area contributed by atoms with Crippen molar-refractivity contribution in [2.24, 2.45) is 0 Å². The van der Waals surface area contributed by atoms with E-state index in [1.54, 1.807) is 24.3 Å². The Morgan fingerprint density at radius 2 is 1.86 bits per heavy atom. The summed E-state index contributed by atoms with van der Waals surface area (Å²) in [6.45, 7) is 4.14. The number of benzene rings is 1. The average molecular weight is 310 g/mol. The fourth-order valence-corrected chi connectivity index (χ4v) is 3.82. The van der Waals surface area contributed by atoms with E-state index < -0.39 is 22.5 Å². The number of nitrogens with zero attached hydrogens (tertiary/aromatic N) is 2. The molecule has 114 valence electrons. The highest BCUT2D eigenvalue weighted by molar-refractivity contribution is 7.89. The third kappa shape index (κ3) is 2.92. The maximum Gasteiger partial charge on any atom is 0.268 e. The predicted molar refractivity (Wildman–Crippen MR) is 78.0 cm³/mol. The highest BCUT2D eigenvalue weighted by Gasteiger charge is 2.37. The Labute approximate surface area is 124 Å². The molecule has 0 radical (unpaired) electrons. The van der Waals surface area contributed by atoms with Crippen molar-refractivity contribution in [2.45, 2.75) is 19.6 Å². The van der Waals surface area contributed by atoms with Gasteiger partial charge in [0.05, 0.1) is 5.75 Å². The normalized spacial score (nSPS) is 16.5. The number of fused-ring (bicyclic) bond motifs is 1. The molecule has 0 aromatic heterocycles. The molecule has 0 bridgehead atoms. The van der Waals surface area contributed by atoms with Crippen LogP contribution in [0.2, 0.25) is 0 Å². The fraction of sp³-hybridized carbons (Fsp3) is 0.429. The maximum absolute atomic E-state index is 12.3. The molecule has 0 atom stereocenters. The summed E-state index contributed by atoms with van der Waals surface area (Å²) in [4.78, 5) is 25.9. The van der Waals surface area contributed by atoms with E-state index in [2.05, 4.69) is 0 Å². The summed E-state index contributed by atoms with van der Waals surface area (Å²) in [5, 5.41) is 0. The Morgan fingerprint density at radius 1 is 1.24 bits per heavy atom. The number of carbonyl (C=O) groups excluding carboxylic acids is 2. The van der Waals surface area contributed by atoms with Gasteiger partial charge in [-0.05, 0) is 25.5 Å². The van der Waals surface area contributed by atoms with Gasteiger partial charge in [0.15, 0.2) is 0 Å². The minimum atomic E-state index is -3.79. The molecule has 6 nitrogen and oxygen atoms in total. The summed E-state index contributed by atoms with van der Waals surface area (Å²) in [5.41, 5.74) is 0.828. The molecule has 0 N–H and O–H groups in total. The first kappa shape index (κ1) is 15.5. The van der Waals surface area contributed by atoms with Crippen LogP contribution in [0.5, 0.6) is 0 Å². The van der Waals surface area contributed by atoms with Crippen LogP contribution >= 0.6 is 0 Å². The Hall–Kier alpha value is -1.89. The minimum Gasteiger partial charge on any atom is -0.342 e. The molecule has 1 aliphatic heterocycles. The van der Waals surface area contributed by atoms with Crippen LogP contribution in [0.15, 0.2) is 24.3 Å². The van der Waals surface area contributed by atoms with E-state index in [4.69, 9.17) is 0 Å². The van der Waals surface area contributed by atoms with E-state index in [1.165, 1.54) is 4.90 Å². The van der Waals surface area contributed by atoms with E-state index in [0.717, 1.165) is 0 Å². The first-order valence-electron chi connectivity index (χ1n) is 6.81. The quantitative estimate of drug-likeness (QED) is 0.826. The number of rotatable bonds is 4. The predicted octanol–water partition coefficient (Wildman–Crippen LogP) is 0.841. The second-order valence-electron chi connectivity index (χ2n) is 4.79. The van der Waals surface area contributed by atoms with Gasteiger partial charge in [-0.2, -0.15) is 0 Å². The molecule has 1 aliphatic rings. The number of hydrogen-bond acceptors (Lipinski definition) is 4. The highest BCUT2D eigenvalue weighted by atomic mass is 32.2. The number of sulfonamides is 1. The first-order valence-corrected chi connectivity index (χ1v) is 8.42. The van der Waals surface area contributed by atoms with Crippen LogP contribution in [0, 0.1) is 0 Å². The largest absolute Gasteiger partial charge is 0.342 e. The summed E-state index contributed by atoms with van der Waals surface area (Å²) in [5.74, 6) is -1.24. The topological polar surface area (TPSA) is 74.8 Å². The van der Waals surface area contributed by atoms with Crippen LogP contribution in [0.3, 0.4) is 0 Å². The molecular weight excluding hydrogens is 292 g/mol. The van der Waals surface area contributed by atoms with Crippen LogP contribution in [0.4, 0.5) is 0 Å². The molecule has 0 saturated heterocycles. The van der Waals surface area contributed by atoms with E-state index >= 15 is 0 Å². The zero-order chi connectivity index (χ0) is 15.6. The molecule has 1 heterocycles. The second kappa shape index (κ2) is 5.85. The summed E-state index contributed by atoms with van der Waals surface area (Å²) in [7, 11) is -3.79. The lowest BCUT2D eigenvalue weighted by Crippen LogP contribution is -2.48. The van der Waals surface area contributed by atoms with Crippen molar-refractivity contribution in [3.05, 3.63) is 35.4 Å². The van der Waals surface area contributed by atoms with Crippen LogP contribution in [-0.2, 0) is 20.6 Å². The molecule has 2 rings (SSSR count). The van der Waals surface area contributed by atoms with Gasteiger partial charge in [-0.3, -0.25) is 9.59 Å². The van der Waals surface area contributed by atoms with E-state index in [0.29, 0.717) is 28.5 Å². The SMILES string of the molecule is CCN(CC)C(=O)CN1C(=O)c2ccccc2CS1(=O)=O. The van der Waals surface area contributed by atoms with Gasteiger partial charge < -0.3 is 4.90 Å². The van der Waals surface area contributed by atoms with Crippen molar-refractivity contribution >= 4 is 21.8 Å². The van der Waals surface area contributed by atoms with Gasteiger partial charge in [-0.15, -0.1) is 0 Å². The lowest BCUT2D eigenvalue weighted by atomic mass is 10.1. The van der Waals surface area contributed by atoms with Crippen molar-refractivity contribution in [2.75, 3.05) is 19.6 Å². The maximum atomic E-state index is 12.3. The zero-order valence-corrected chi connectivity index (χ0v) is 12.9. The summed E-state index contributed by atoms with van der Waals surface area (Å²) in [6, 6.07) is 6.58. The summed E-state index contributed by atoms with van der Waals surface area (Å²) >= 11 is 0. The molecule has 0 saturated carbocycles. The van der Waals surface area contributed by atoms with Crippen LogP contribution in [0.1, 0.15) is 29.8 Å². The summed E-state index contributed by atoms with van der Waals surface area (Å²) in [6.07, 6.45) is 0. The minimum absolute atomic E-state index is 0.250. The molecule has 7 heteroatoms. The number of hydrogen-bond donors (Lipinski definition) is 0. The third-order valence-corrected chi connectivity index (χ3v) is 5.19. The molecule has 0 unspecified atom stereocenters. The Balaban J connectivity index is 2.32. The van der Waals surface area contributed by atoms with Gasteiger partial charge in [0.1, 0.15) is 6.54 Å². The van der Waals surface area contributed by atoms with E-state index in [9.17, 15) is 18.0 Å². The van der Waals surface area contributed by atoms with Crippen LogP contribution in [-0.4, -0.2) is 49.1 Å². The van der Waals surface area contributed by atoms with Gasteiger partial charge >= 0.3 is 0 Å². The number of likely N-dealkylation sites (N-methyl/N-ethyl adjacent to an activating group) is 1. The molecule has 0 aliphatic carbocycles. The molecule has 0 spiro atoms. The van der Waals surface area contributed by atoms with Gasteiger partial charge in [-0.25, -0.2) is 12.7 Å². The van der Waals surface area contributed by atoms with E-state index in [1.807, 2.05) is 13.8 Å². The van der Waals surface area contributed by atoms with E-state index in [-0.39, 0.29) is 11.7 Å². The molecule has 2 amide bonds. The van der Waals surface area contributed by atoms with Gasteiger partial charge in [0.2, 0.25) is 15.9 Å².